The highest BCUT2D eigenvalue weighted by Gasteiger charge is 2.43. The van der Waals surface area contributed by atoms with Crippen LogP contribution in [0.25, 0.3) is 11.3 Å². The maximum absolute atomic E-state index is 12.6. The van der Waals surface area contributed by atoms with Crippen LogP contribution in [0.3, 0.4) is 0 Å². The molecule has 3 rings (SSSR count). The molecule has 0 spiro atoms. The molecule has 0 radical (unpaired) electrons. The molecule has 0 saturated carbocycles. The molecule has 3 heterocycles. The van der Waals surface area contributed by atoms with Crippen molar-refractivity contribution in [2.75, 3.05) is 0 Å². The number of nitrogens with zero attached hydrogens (tertiary/aromatic N) is 3. The van der Waals surface area contributed by atoms with Crippen molar-refractivity contribution in [1.29, 1.82) is 0 Å². The first-order chi connectivity index (χ1) is 9.04. The second-order valence-electron chi connectivity index (χ2n) is 4.29. The summed E-state index contributed by atoms with van der Waals surface area (Å²) in [4.78, 5) is 3.96. The molecule has 0 aromatic carbocycles. The van der Waals surface area contributed by atoms with E-state index in [0.717, 1.165) is 5.56 Å². The van der Waals surface area contributed by atoms with Gasteiger partial charge in [-0.1, -0.05) is 0 Å². The van der Waals surface area contributed by atoms with Gasteiger partial charge in [0.25, 0.3) is 0 Å². The third kappa shape index (κ3) is 2.33. The van der Waals surface area contributed by atoms with Crippen LogP contribution in [0.4, 0.5) is 13.2 Å². The summed E-state index contributed by atoms with van der Waals surface area (Å²) in [5.74, 6) is 0. The van der Waals surface area contributed by atoms with Gasteiger partial charge in [-0.05, 0) is 18.2 Å². The average Bonchev–Trinajstić information content (AvgIpc) is 2.81. The molecule has 1 aliphatic rings. The number of pyridine rings is 1. The van der Waals surface area contributed by atoms with Crippen molar-refractivity contribution in [2.45, 2.75) is 25.4 Å². The molecule has 2 aromatic rings. The summed E-state index contributed by atoms with van der Waals surface area (Å²) >= 11 is 0. The Labute approximate surface area is 106 Å². The summed E-state index contributed by atoms with van der Waals surface area (Å²) in [6.07, 6.45) is -2.90. The number of fused-ring (bicyclic) bond motifs is 1. The van der Waals surface area contributed by atoms with Gasteiger partial charge >= 0.3 is 6.18 Å². The molecule has 0 N–H and O–H groups in total. The van der Waals surface area contributed by atoms with Crippen LogP contribution in [0.2, 0.25) is 0 Å². The molecule has 1 aliphatic heterocycles. The Kier molecular flexibility index (Phi) is 2.78. The van der Waals surface area contributed by atoms with Crippen LogP contribution in [0, 0.1) is 0 Å². The van der Waals surface area contributed by atoms with Gasteiger partial charge in [-0.15, -0.1) is 0 Å². The Morgan fingerprint density at radius 3 is 2.89 bits per heavy atom. The molecule has 19 heavy (non-hydrogen) atoms. The smallest absolute Gasteiger partial charge is 0.361 e. The summed E-state index contributed by atoms with van der Waals surface area (Å²) in [5.41, 5.74) is 2.02. The highest BCUT2D eigenvalue weighted by atomic mass is 19.4. The lowest BCUT2D eigenvalue weighted by atomic mass is 10.2. The third-order valence-corrected chi connectivity index (χ3v) is 2.96. The van der Waals surface area contributed by atoms with E-state index in [1.165, 1.54) is 4.68 Å². The van der Waals surface area contributed by atoms with Gasteiger partial charge in [0.1, 0.15) is 0 Å². The summed E-state index contributed by atoms with van der Waals surface area (Å²) < 4.78 is 43.9. The summed E-state index contributed by atoms with van der Waals surface area (Å²) in [5, 5.41) is 4.18. The number of ether oxygens (including phenoxy) is 1. The maximum Gasteiger partial charge on any atom is 0.416 e. The normalized spacial score (nSPS) is 19.2. The van der Waals surface area contributed by atoms with Gasteiger partial charge in [0.2, 0.25) is 0 Å². The number of alkyl halides is 3. The van der Waals surface area contributed by atoms with Crippen molar-refractivity contribution >= 4 is 0 Å². The molecule has 100 valence electrons. The van der Waals surface area contributed by atoms with Gasteiger partial charge in [0.05, 0.1) is 24.5 Å². The fourth-order valence-corrected chi connectivity index (χ4v) is 1.98. The zero-order chi connectivity index (χ0) is 13.5. The summed E-state index contributed by atoms with van der Waals surface area (Å²) in [6, 6.07) is 5.29. The molecular formula is C12H10F3N3O. The quantitative estimate of drug-likeness (QED) is 0.798. The fraction of sp³-hybridized carbons (Fsp3) is 0.333. The molecular weight excluding hydrogens is 259 g/mol. The predicted octanol–water partition coefficient (Wildman–Crippen LogP) is 2.41. The van der Waals surface area contributed by atoms with Crippen LogP contribution in [0.15, 0.2) is 30.6 Å². The topological polar surface area (TPSA) is 39.9 Å². The third-order valence-electron chi connectivity index (χ3n) is 2.96. The molecule has 4 nitrogen and oxygen atoms in total. The second kappa shape index (κ2) is 4.34. The van der Waals surface area contributed by atoms with Gasteiger partial charge < -0.3 is 4.74 Å². The first kappa shape index (κ1) is 12.2. The molecule has 0 saturated heterocycles. The van der Waals surface area contributed by atoms with E-state index in [4.69, 9.17) is 4.74 Å². The lowest BCUT2D eigenvalue weighted by Crippen LogP contribution is -2.39. The molecule has 0 bridgehead atoms. The SMILES string of the molecule is FC(F)(F)C1Cn2nc(-c3cccnc3)cc2CO1. The highest BCUT2D eigenvalue weighted by Crippen LogP contribution is 2.29. The molecule has 0 amide bonds. The van der Waals surface area contributed by atoms with Crippen LogP contribution < -0.4 is 0 Å². The standard InChI is InChI=1S/C12H10F3N3O/c13-12(14,15)11-6-18-9(7-19-11)4-10(17-18)8-2-1-3-16-5-8/h1-5,11H,6-7H2. The fourth-order valence-electron chi connectivity index (χ4n) is 1.98. The van der Waals surface area contributed by atoms with Gasteiger partial charge in [-0.3, -0.25) is 9.67 Å². The number of aromatic nitrogens is 3. The van der Waals surface area contributed by atoms with E-state index < -0.39 is 12.3 Å². The Bertz CT molecular complexity index is 580. The van der Waals surface area contributed by atoms with Crippen molar-refractivity contribution < 1.29 is 17.9 Å². The number of rotatable bonds is 1. The number of hydrogen-bond donors (Lipinski definition) is 0. The van der Waals surface area contributed by atoms with E-state index in [9.17, 15) is 13.2 Å². The van der Waals surface area contributed by atoms with E-state index in [0.29, 0.717) is 11.4 Å². The molecule has 2 aromatic heterocycles. The predicted molar refractivity (Wildman–Crippen MR) is 60.1 cm³/mol. The second-order valence-corrected chi connectivity index (χ2v) is 4.29. The Hall–Kier alpha value is -1.89. The lowest BCUT2D eigenvalue weighted by molar-refractivity contribution is -0.234. The lowest BCUT2D eigenvalue weighted by Gasteiger charge is -2.25. The zero-order valence-corrected chi connectivity index (χ0v) is 9.76. The Balaban J connectivity index is 1.89. The first-order valence-corrected chi connectivity index (χ1v) is 5.69. The van der Waals surface area contributed by atoms with Crippen LogP contribution in [-0.4, -0.2) is 27.0 Å². The van der Waals surface area contributed by atoms with Crippen molar-refractivity contribution in [3.63, 3.8) is 0 Å². The Morgan fingerprint density at radius 1 is 1.37 bits per heavy atom. The minimum atomic E-state index is -4.36. The Morgan fingerprint density at radius 2 is 2.21 bits per heavy atom. The van der Waals surface area contributed by atoms with E-state index >= 15 is 0 Å². The summed E-state index contributed by atoms with van der Waals surface area (Å²) in [6.45, 7) is -0.392. The molecule has 1 unspecified atom stereocenters. The zero-order valence-electron chi connectivity index (χ0n) is 9.76. The van der Waals surface area contributed by atoms with Crippen LogP contribution in [-0.2, 0) is 17.9 Å². The minimum Gasteiger partial charge on any atom is -0.361 e. The van der Waals surface area contributed by atoms with Crippen LogP contribution in [0.1, 0.15) is 5.69 Å². The van der Waals surface area contributed by atoms with E-state index in [1.54, 1.807) is 24.5 Å². The van der Waals surface area contributed by atoms with Gasteiger partial charge in [-0.25, -0.2) is 0 Å². The number of hydrogen-bond acceptors (Lipinski definition) is 3. The summed E-state index contributed by atoms with van der Waals surface area (Å²) in [7, 11) is 0. The van der Waals surface area contributed by atoms with E-state index in [-0.39, 0.29) is 13.2 Å². The molecule has 0 aliphatic carbocycles. The first-order valence-electron chi connectivity index (χ1n) is 5.69. The van der Waals surface area contributed by atoms with E-state index in [1.807, 2.05) is 6.07 Å². The maximum atomic E-state index is 12.6. The number of halogens is 3. The molecule has 7 heteroatoms. The van der Waals surface area contributed by atoms with Gasteiger partial charge in [0, 0.05) is 18.0 Å². The van der Waals surface area contributed by atoms with Crippen LogP contribution >= 0.6 is 0 Å². The average molecular weight is 269 g/mol. The van der Waals surface area contributed by atoms with Crippen molar-refractivity contribution in [3.05, 3.63) is 36.3 Å². The van der Waals surface area contributed by atoms with Crippen molar-refractivity contribution in [3.8, 4) is 11.3 Å². The van der Waals surface area contributed by atoms with Crippen molar-refractivity contribution in [2.24, 2.45) is 0 Å². The van der Waals surface area contributed by atoms with Crippen molar-refractivity contribution in [1.82, 2.24) is 14.8 Å². The van der Waals surface area contributed by atoms with E-state index in [2.05, 4.69) is 10.1 Å². The molecule has 1 atom stereocenters. The molecule has 0 fully saturated rings. The van der Waals surface area contributed by atoms with Gasteiger partial charge in [-0.2, -0.15) is 18.3 Å². The highest BCUT2D eigenvalue weighted by molar-refractivity contribution is 5.57. The minimum absolute atomic E-state index is 0.0859. The van der Waals surface area contributed by atoms with Crippen LogP contribution in [0.5, 0.6) is 0 Å². The largest absolute Gasteiger partial charge is 0.416 e. The van der Waals surface area contributed by atoms with Gasteiger partial charge in [0.15, 0.2) is 6.10 Å². The monoisotopic (exact) mass is 269 g/mol.